The monoisotopic (exact) mass is 512 g/mol. The zero-order valence-corrected chi connectivity index (χ0v) is 23.2. The molecule has 0 radical (unpaired) electrons. The van der Waals surface area contributed by atoms with E-state index in [9.17, 15) is 9.59 Å². The summed E-state index contributed by atoms with van der Waals surface area (Å²) in [4.78, 5) is 31.2. The van der Waals surface area contributed by atoms with Gasteiger partial charge in [0.05, 0.1) is 7.11 Å². The first-order chi connectivity index (χ1) is 17.9. The van der Waals surface area contributed by atoms with Gasteiger partial charge >= 0.3 is 0 Å². The van der Waals surface area contributed by atoms with Gasteiger partial charge in [0.1, 0.15) is 11.8 Å². The number of ether oxygens (including phenoxy) is 1. The summed E-state index contributed by atoms with van der Waals surface area (Å²) >= 11 is 0. The molecule has 0 aromatic heterocycles. The van der Waals surface area contributed by atoms with Crippen molar-refractivity contribution in [3.63, 3.8) is 0 Å². The molecule has 2 aliphatic carbocycles. The highest BCUT2D eigenvalue weighted by molar-refractivity contribution is 5.89. The molecular weight excluding hydrogens is 464 g/mol. The van der Waals surface area contributed by atoms with Gasteiger partial charge in [0.25, 0.3) is 0 Å². The topological polar surface area (TPSA) is 87.9 Å². The lowest BCUT2D eigenvalue weighted by atomic mass is 9.81. The third-order valence-corrected chi connectivity index (χ3v) is 8.54. The van der Waals surface area contributed by atoms with E-state index >= 15 is 0 Å². The van der Waals surface area contributed by atoms with E-state index in [0.29, 0.717) is 37.3 Å². The highest BCUT2D eigenvalue weighted by Gasteiger charge is 2.43. The van der Waals surface area contributed by atoms with Crippen LogP contribution in [0, 0.1) is 23.7 Å². The molecule has 3 aliphatic rings. The summed E-state index contributed by atoms with van der Waals surface area (Å²) < 4.78 is 5.33. The molecule has 0 spiro atoms. The molecule has 3 unspecified atom stereocenters. The first-order valence-electron chi connectivity index (χ1n) is 14.5. The van der Waals surface area contributed by atoms with Crippen molar-refractivity contribution in [3.8, 4) is 5.75 Å². The van der Waals surface area contributed by atoms with Crippen molar-refractivity contribution < 1.29 is 14.3 Å². The molecule has 7 nitrogen and oxygen atoms in total. The first kappa shape index (κ1) is 27.9. The molecule has 4 rings (SSSR count). The highest BCUT2D eigenvalue weighted by atomic mass is 16.5. The number of nitrogens with zero attached hydrogens (tertiary/aromatic N) is 2. The lowest BCUT2D eigenvalue weighted by Crippen LogP contribution is -2.58. The van der Waals surface area contributed by atoms with Gasteiger partial charge in [-0.15, -0.1) is 0 Å². The highest BCUT2D eigenvalue weighted by Crippen LogP contribution is 2.35. The zero-order chi connectivity index (χ0) is 26.4. The predicted octanol–water partition coefficient (Wildman–Crippen LogP) is 3.80. The molecule has 3 fully saturated rings. The van der Waals surface area contributed by atoms with Crippen molar-refractivity contribution in [2.24, 2.45) is 29.4 Å². The molecule has 2 amide bonds. The first-order valence-corrected chi connectivity index (χ1v) is 14.5. The van der Waals surface area contributed by atoms with Gasteiger partial charge in [-0.2, -0.15) is 0 Å². The number of methoxy groups -OCH3 is 1. The van der Waals surface area contributed by atoms with Crippen molar-refractivity contribution in [2.45, 2.75) is 83.8 Å². The molecular formula is C30H48N4O3. The average molecular weight is 513 g/mol. The van der Waals surface area contributed by atoms with Crippen LogP contribution in [0.5, 0.6) is 5.75 Å². The van der Waals surface area contributed by atoms with Crippen LogP contribution in [0.2, 0.25) is 0 Å². The molecule has 1 aromatic carbocycles. The normalized spacial score (nSPS) is 26.4. The van der Waals surface area contributed by atoms with Crippen LogP contribution >= 0.6 is 0 Å². The summed E-state index contributed by atoms with van der Waals surface area (Å²) in [5.74, 6) is 2.78. The van der Waals surface area contributed by atoms with E-state index in [2.05, 4.69) is 36.2 Å². The zero-order valence-electron chi connectivity index (χ0n) is 23.2. The Hall–Kier alpha value is -2.12. The molecule has 37 heavy (non-hydrogen) atoms. The second-order valence-electron chi connectivity index (χ2n) is 12.1. The summed E-state index contributed by atoms with van der Waals surface area (Å²) in [5.41, 5.74) is 7.17. The van der Waals surface area contributed by atoms with Crippen molar-refractivity contribution in [3.05, 3.63) is 29.8 Å². The fourth-order valence-electron chi connectivity index (χ4n) is 6.30. The third-order valence-electron chi connectivity index (χ3n) is 8.54. The van der Waals surface area contributed by atoms with E-state index in [-0.39, 0.29) is 29.8 Å². The average Bonchev–Trinajstić information content (AvgIpc) is 3.76. The number of likely N-dealkylation sites (tertiary alicyclic amines) is 1. The maximum Gasteiger partial charge on any atom is 0.242 e. The van der Waals surface area contributed by atoms with Gasteiger partial charge in [0, 0.05) is 38.1 Å². The van der Waals surface area contributed by atoms with Gasteiger partial charge in [0.2, 0.25) is 11.8 Å². The van der Waals surface area contributed by atoms with Crippen LogP contribution in [-0.2, 0) is 16.1 Å². The van der Waals surface area contributed by atoms with Gasteiger partial charge in [-0.3, -0.25) is 14.5 Å². The van der Waals surface area contributed by atoms with E-state index in [4.69, 9.17) is 10.5 Å². The predicted molar refractivity (Wildman–Crippen MR) is 147 cm³/mol. The Bertz CT molecular complexity index is 885. The number of carbonyl (C=O) groups excluding carboxylic acids is 2. The summed E-state index contributed by atoms with van der Waals surface area (Å²) in [5, 5.41) is 3.27. The Kier molecular flexibility index (Phi) is 9.88. The van der Waals surface area contributed by atoms with Crippen LogP contribution < -0.4 is 15.8 Å². The molecule has 7 heteroatoms. The van der Waals surface area contributed by atoms with Crippen LogP contribution in [0.15, 0.2) is 24.3 Å². The molecule has 1 heterocycles. The fourth-order valence-corrected chi connectivity index (χ4v) is 6.30. The summed E-state index contributed by atoms with van der Waals surface area (Å²) in [6.07, 6.45) is 8.18. The van der Waals surface area contributed by atoms with Gasteiger partial charge in [-0.05, 0) is 86.9 Å². The largest absolute Gasteiger partial charge is 0.497 e. The number of rotatable bonds is 11. The fraction of sp³-hybridized carbons (Fsp3) is 0.733. The Morgan fingerprint density at radius 1 is 1.08 bits per heavy atom. The van der Waals surface area contributed by atoms with Crippen LogP contribution in [0.4, 0.5) is 0 Å². The van der Waals surface area contributed by atoms with Gasteiger partial charge in [-0.25, -0.2) is 0 Å². The van der Waals surface area contributed by atoms with E-state index < -0.39 is 0 Å². The molecule has 0 bridgehead atoms. The molecule has 1 saturated heterocycles. The van der Waals surface area contributed by atoms with E-state index in [1.54, 1.807) is 7.11 Å². The van der Waals surface area contributed by atoms with Crippen LogP contribution in [0.3, 0.4) is 0 Å². The van der Waals surface area contributed by atoms with Crippen LogP contribution in [0.1, 0.15) is 70.8 Å². The minimum atomic E-state index is -0.383. The van der Waals surface area contributed by atoms with Crippen molar-refractivity contribution in [2.75, 3.05) is 33.3 Å². The third kappa shape index (κ3) is 7.70. The molecule has 206 valence electrons. The molecule has 3 N–H and O–H groups in total. The van der Waals surface area contributed by atoms with Gasteiger partial charge in [0.15, 0.2) is 0 Å². The van der Waals surface area contributed by atoms with E-state index in [0.717, 1.165) is 57.5 Å². The summed E-state index contributed by atoms with van der Waals surface area (Å²) in [6, 6.07) is 8.15. The second kappa shape index (κ2) is 13.1. The minimum absolute atomic E-state index is 0.0301. The van der Waals surface area contributed by atoms with Crippen molar-refractivity contribution in [1.29, 1.82) is 0 Å². The van der Waals surface area contributed by atoms with Crippen molar-refractivity contribution in [1.82, 2.24) is 15.1 Å². The van der Waals surface area contributed by atoms with E-state index in [1.807, 2.05) is 17.0 Å². The van der Waals surface area contributed by atoms with Crippen LogP contribution in [0.25, 0.3) is 0 Å². The van der Waals surface area contributed by atoms with Gasteiger partial charge in [-0.1, -0.05) is 32.4 Å². The van der Waals surface area contributed by atoms with Crippen molar-refractivity contribution >= 4 is 11.8 Å². The lowest BCUT2D eigenvalue weighted by Gasteiger charge is -2.43. The Morgan fingerprint density at radius 3 is 2.46 bits per heavy atom. The quantitative estimate of drug-likeness (QED) is 0.471. The number of piperidine rings is 1. The minimum Gasteiger partial charge on any atom is -0.497 e. The maximum atomic E-state index is 13.6. The number of amides is 2. The van der Waals surface area contributed by atoms with Crippen LogP contribution in [-0.4, -0.2) is 67.0 Å². The number of hydrogen-bond donors (Lipinski definition) is 2. The maximum absolute atomic E-state index is 13.6. The molecule has 1 aliphatic heterocycles. The standard InChI is InChI=1S/C30H48N4O3/c1-21(2)19-33(20-22-7-11-27(37-3)12-8-22)26-13-14-34(30(36)25-9-10-25)28(16-26)29(35)32-18-24-6-4-5-23(15-24)17-31/h7-8,11-12,21,23-26,28H,4-6,9-10,13-20,31H2,1-3H3,(H,32,35)/t23?,24?,26?,28-/m1/s1. The van der Waals surface area contributed by atoms with Gasteiger partial charge < -0.3 is 20.7 Å². The SMILES string of the molecule is COc1ccc(CN(CC(C)C)C2CCN(C(=O)C3CC3)[C@@H](C(=O)NCC3CCCC(CN)C3)C2)cc1. The number of nitrogens with two attached hydrogens (primary N) is 1. The molecule has 4 atom stereocenters. The Morgan fingerprint density at radius 2 is 1.81 bits per heavy atom. The lowest BCUT2D eigenvalue weighted by molar-refractivity contribution is -0.145. The van der Waals surface area contributed by atoms with E-state index in [1.165, 1.54) is 18.4 Å². The Labute approximate surface area is 223 Å². The smallest absolute Gasteiger partial charge is 0.242 e. The number of carbonyl (C=O) groups is 2. The number of benzene rings is 1. The number of nitrogens with one attached hydrogen (secondary N) is 1. The molecule has 2 saturated carbocycles. The summed E-state index contributed by atoms with van der Waals surface area (Å²) in [7, 11) is 1.69. The summed E-state index contributed by atoms with van der Waals surface area (Å²) in [6.45, 7) is 8.38. The number of hydrogen-bond acceptors (Lipinski definition) is 5. The molecule has 1 aromatic rings. The second-order valence-corrected chi connectivity index (χ2v) is 12.1. The Balaban J connectivity index is 1.44.